The molecule has 9 heteroatoms. The Morgan fingerprint density at radius 3 is 2.50 bits per heavy atom. The van der Waals surface area contributed by atoms with Crippen molar-refractivity contribution in [2.75, 3.05) is 31.1 Å². The Kier molecular flexibility index (Phi) is 5.90. The van der Waals surface area contributed by atoms with Crippen LogP contribution in [0.2, 0.25) is 0 Å². The van der Waals surface area contributed by atoms with E-state index in [1.807, 2.05) is 34.1 Å². The smallest absolute Gasteiger partial charge is 0.353 e. The molecule has 0 saturated carbocycles. The number of piperazine rings is 1. The van der Waals surface area contributed by atoms with Crippen LogP contribution in [0, 0.1) is 0 Å². The van der Waals surface area contributed by atoms with Crippen LogP contribution in [0.15, 0.2) is 42.6 Å². The molecule has 1 fully saturated rings. The van der Waals surface area contributed by atoms with Gasteiger partial charge in [0.05, 0.1) is 20.8 Å². The van der Waals surface area contributed by atoms with E-state index in [-0.39, 0.29) is 5.91 Å². The zero-order valence-corrected chi connectivity index (χ0v) is 17.0. The van der Waals surface area contributed by atoms with E-state index in [9.17, 15) is 18.0 Å². The normalized spacial score (nSPS) is 15.0. The van der Waals surface area contributed by atoms with Crippen LogP contribution in [0.25, 0.3) is 10.2 Å². The lowest BCUT2D eigenvalue weighted by Gasteiger charge is -2.35. The number of fused-ring (bicyclic) bond motifs is 1. The van der Waals surface area contributed by atoms with Crippen molar-refractivity contribution >= 4 is 33.3 Å². The van der Waals surface area contributed by atoms with Gasteiger partial charge in [0.1, 0.15) is 5.82 Å². The predicted octanol–water partition coefficient (Wildman–Crippen LogP) is 4.38. The van der Waals surface area contributed by atoms with Gasteiger partial charge >= 0.3 is 6.18 Å². The maximum Gasteiger partial charge on any atom is 0.417 e. The SMILES string of the molecule is O=C(CCCc1nc2ccccc2s1)N1CCN(c2ccc(C(F)(F)F)cn2)CC1. The van der Waals surface area contributed by atoms with Gasteiger partial charge in [0, 0.05) is 38.8 Å². The third kappa shape index (κ3) is 4.72. The first-order valence-corrected chi connectivity index (χ1v) is 10.6. The van der Waals surface area contributed by atoms with E-state index in [2.05, 4.69) is 9.97 Å². The van der Waals surface area contributed by atoms with Crippen LogP contribution in [0.1, 0.15) is 23.4 Å². The van der Waals surface area contributed by atoms with Gasteiger partial charge in [0.2, 0.25) is 5.91 Å². The highest BCUT2D eigenvalue weighted by Crippen LogP contribution is 2.29. The molecule has 30 heavy (non-hydrogen) atoms. The lowest BCUT2D eigenvalue weighted by molar-refractivity contribution is -0.137. The second kappa shape index (κ2) is 8.59. The molecule has 0 aliphatic carbocycles. The number of anilines is 1. The maximum absolute atomic E-state index is 12.7. The van der Waals surface area contributed by atoms with Crippen molar-refractivity contribution in [2.24, 2.45) is 0 Å². The number of nitrogens with zero attached hydrogens (tertiary/aromatic N) is 4. The third-order valence-corrected chi connectivity index (χ3v) is 6.25. The standard InChI is InChI=1S/C21H21F3N4OS/c22-21(23,24)15-8-9-18(25-14-15)27-10-12-28(13-11-27)20(29)7-3-6-19-26-16-4-1-2-5-17(16)30-19/h1-2,4-5,8-9,14H,3,6-7,10-13H2. The van der Waals surface area contributed by atoms with Gasteiger partial charge in [0.15, 0.2) is 0 Å². The van der Waals surface area contributed by atoms with Crippen LogP contribution in [0.3, 0.4) is 0 Å². The van der Waals surface area contributed by atoms with Crippen molar-refractivity contribution in [1.82, 2.24) is 14.9 Å². The first-order valence-electron chi connectivity index (χ1n) is 9.80. The third-order valence-electron chi connectivity index (χ3n) is 5.15. The van der Waals surface area contributed by atoms with Gasteiger partial charge in [-0.05, 0) is 37.1 Å². The van der Waals surface area contributed by atoms with Gasteiger partial charge in [-0.1, -0.05) is 12.1 Å². The average Bonchev–Trinajstić information content (AvgIpc) is 3.16. The van der Waals surface area contributed by atoms with Crippen molar-refractivity contribution in [3.05, 3.63) is 53.2 Å². The van der Waals surface area contributed by atoms with Gasteiger partial charge in [-0.2, -0.15) is 13.2 Å². The second-order valence-electron chi connectivity index (χ2n) is 7.20. The minimum atomic E-state index is -4.39. The number of aryl methyl sites for hydroxylation is 1. The lowest BCUT2D eigenvalue weighted by Crippen LogP contribution is -2.49. The number of thiazole rings is 1. The van der Waals surface area contributed by atoms with Gasteiger partial charge in [0.25, 0.3) is 0 Å². The minimum Gasteiger partial charge on any atom is -0.353 e. The molecule has 1 aliphatic rings. The zero-order chi connectivity index (χ0) is 21.1. The number of pyridine rings is 1. The Bertz CT molecular complexity index is 978. The van der Waals surface area contributed by atoms with Crippen LogP contribution >= 0.6 is 11.3 Å². The van der Waals surface area contributed by atoms with Crippen LogP contribution < -0.4 is 4.90 Å². The Hall–Kier alpha value is -2.68. The molecule has 5 nitrogen and oxygen atoms in total. The van der Waals surface area contributed by atoms with Crippen molar-refractivity contribution in [2.45, 2.75) is 25.4 Å². The van der Waals surface area contributed by atoms with Crippen molar-refractivity contribution in [3.63, 3.8) is 0 Å². The Labute approximate surface area is 176 Å². The highest BCUT2D eigenvalue weighted by atomic mass is 32.1. The summed E-state index contributed by atoms with van der Waals surface area (Å²) in [5.74, 6) is 0.613. The fourth-order valence-corrected chi connectivity index (χ4v) is 4.51. The van der Waals surface area contributed by atoms with Gasteiger partial charge in [-0.15, -0.1) is 11.3 Å². The molecule has 3 aromatic rings. The van der Waals surface area contributed by atoms with E-state index >= 15 is 0 Å². The lowest BCUT2D eigenvalue weighted by atomic mass is 10.2. The van der Waals surface area contributed by atoms with E-state index in [1.165, 1.54) is 6.07 Å². The largest absolute Gasteiger partial charge is 0.417 e. The summed E-state index contributed by atoms with van der Waals surface area (Å²) in [5, 5.41) is 1.04. The number of alkyl halides is 3. The Morgan fingerprint density at radius 2 is 1.83 bits per heavy atom. The van der Waals surface area contributed by atoms with Crippen molar-refractivity contribution < 1.29 is 18.0 Å². The highest BCUT2D eigenvalue weighted by Gasteiger charge is 2.31. The molecule has 1 saturated heterocycles. The summed E-state index contributed by atoms with van der Waals surface area (Å²) in [7, 11) is 0. The predicted molar refractivity (Wildman–Crippen MR) is 111 cm³/mol. The maximum atomic E-state index is 12.7. The number of hydrogen-bond donors (Lipinski definition) is 0. The fourth-order valence-electron chi connectivity index (χ4n) is 3.50. The number of amides is 1. The van der Waals surface area contributed by atoms with Crippen molar-refractivity contribution in [1.29, 1.82) is 0 Å². The molecule has 0 spiro atoms. The number of benzene rings is 1. The molecule has 1 aliphatic heterocycles. The number of rotatable bonds is 5. The summed E-state index contributed by atoms with van der Waals surface area (Å²) in [6, 6.07) is 10.4. The summed E-state index contributed by atoms with van der Waals surface area (Å²) in [6.45, 7) is 2.20. The number of hydrogen-bond acceptors (Lipinski definition) is 5. The first kappa shape index (κ1) is 20.6. The molecule has 4 rings (SSSR count). The first-order chi connectivity index (χ1) is 14.4. The van der Waals surface area contributed by atoms with E-state index in [4.69, 9.17) is 0 Å². The molecule has 0 unspecified atom stereocenters. The van der Waals surface area contributed by atoms with E-state index in [0.717, 1.165) is 40.3 Å². The van der Waals surface area contributed by atoms with E-state index in [1.54, 1.807) is 11.3 Å². The number of aromatic nitrogens is 2. The fraction of sp³-hybridized carbons (Fsp3) is 0.381. The number of carbonyl (C=O) groups is 1. The van der Waals surface area contributed by atoms with Crippen LogP contribution in [0.5, 0.6) is 0 Å². The Balaban J connectivity index is 1.24. The zero-order valence-electron chi connectivity index (χ0n) is 16.2. The quantitative estimate of drug-likeness (QED) is 0.598. The molecule has 3 heterocycles. The second-order valence-corrected chi connectivity index (χ2v) is 8.31. The molecular weight excluding hydrogens is 413 g/mol. The minimum absolute atomic E-state index is 0.108. The molecule has 0 atom stereocenters. The van der Waals surface area contributed by atoms with Gasteiger partial charge in [-0.3, -0.25) is 4.79 Å². The molecule has 2 aromatic heterocycles. The monoisotopic (exact) mass is 434 g/mol. The molecule has 0 radical (unpaired) electrons. The van der Waals surface area contributed by atoms with Crippen LogP contribution in [-0.2, 0) is 17.4 Å². The summed E-state index contributed by atoms with van der Waals surface area (Å²) in [6.07, 6.45) is -1.54. The molecular formula is C21H21F3N4OS. The summed E-state index contributed by atoms with van der Waals surface area (Å²) in [5.41, 5.74) is 0.241. The van der Waals surface area contributed by atoms with Crippen LogP contribution in [0.4, 0.5) is 19.0 Å². The topological polar surface area (TPSA) is 49.3 Å². The number of para-hydroxylation sites is 1. The number of halogens is 3. The highest BCUT2D eigenvalue weighted by molar-refractivity contribution is 7.18. The summed E-state index contributed by atoms with van der Waals surface area (Å²) < 4.78 is 39.2. The molecule has 0 bridgehead atoms. The van der Waals surface area contributed by atoms with Gasteiger partial charge in [-0.25, -0.2) is 9.97 Å². The average molecular weight is 434 g/mol. The van der Waals surface area contributed by atoms with Gasteiger partial charge < -0.3 is 9.80 Å². The van der Waals surface area contributed by atoms with E-state index in [0.29, 0.717) is 38.4 Å². The molecule has 0 N–H and O–H groups in total. The van der Waals surface area contributed by atoms with Crippen molar-refractivity contribution in [3.8, 4) is 0 Å². The molecule has 1 amide bonds. The summed E-state index contributed by atoms with van der Waals surface area (Å²) in [4.78, 5) is 24.8. The summed E-state index contributed by atoms with van der Waals surface area (Å²) >= 11 is 1.66. The molecule has 1 aromatic carbocycles. The van der Waals surface area contributed by atoms with E-state index < -0.39 is 11.7 Å². The molecule has 158 valence electrons. The Morgan fingerprint density at radius 1 is 1.07 bits per heavy atom. The number of carbonyl (C=O) groups excluding carboxylic acids is 1. The van der Waals surface area contributed by atoms with Crippen LogP contribution in [-0.4, -0.2) is 47.0 Å².